The Morgan fingerprint density at radius 2 is 1.78 bits per heavy atom. The topological polar surface area (TPSA) is 42.0 Å². The highest BCUT2D eigenvalue weighted by Crippen LogP contribution is 2.23. The third-order valence-corrected chi connectivity index (χ3v) is 3.92. The maximum atomic E-state index is 12.7. The van der Waals surface area contributed by atoms with Gasteiger partial charge in [-0.25, -0.2) is 0 Å². The van der Waals surface area contributed by atoms with Gasteiger partial charge in [-0.3, -0.25) is 9.78 Å². The Kier molecular flexibility index (Phi) is 4.11. The number of nitrogens with zero attached hydrogens (tertiary/aromatic N) is 1. The van der Waals surface area contributed by atoms with Crippen LogP contribution in [0.15, 0.2) is 48.5 Å². The Balaban J connectivity index is 1.96. The van der Waals surface area contributed by atoms with E-state index in [-0.39, 0.29) is 5.91 Å². The summed E-state index contributed by atoms with van der Waals surface area (Å²) in [7, 11) is 0. The number of amides is 1. The summed E-state index contributed by atoms with van der Waals surface area (Å²) < 4.78 is 0. The van der Waals surface area contributed by atoms with Crippen molar-refractivity contribution in [2.45, 2.75) is 27.3 Å². The SMILES string of the molecule is Cc1cc(C)c2nc(C)cc(C(=O)NCc3ccccc3)c2c1. The molecule has 23 heavy (non-hydrogen) atoms. The monoisotopic (exact) mass is 304 g/mol. The highest BCUT2D eigenvalue weighted by atomic mass is 16.1. The quantitative estimate of drug-likeness (QED) is 0.792. The molecule has 116 valence electrons. The van der Waals surface area contributed by atoms with Crippen molar-refractivity contribution in [1.82, 2.24) is 10.3 Å². The molecule has 0 spiro atoms. The van der Waals surface area contributed by atoms with Gasteiger partial charge in [0.1, 0.15) is 0 Å². The van der Waals surface area contributed by atoms with Gasteiger partial charge in [-0.1, -0.05) is 42.0 Å². The molecular weight excluding hydrogens is 284 g/mol. The van der Waals surface area contributed by atoms with Gasteiger partial charge in [-0.05, 0) is 44.0 Å². The highest BCUT2D eigenvalue weighted by molar-refractivity contribution is 6.07. The Morgan fingerprint density at radius 3 is 2.52 bits per heavy atom. The fourth-order valence-electron chi connectivity index (χ4n) is 2.87. The number of carbonyl (C=O) groups excluding carboxylic acids is 1. The standard InChI is InChI=1S/C20H20N2O/c1-13-9-14(2)19-17(10-13)18(11-15(3)22-19)20(23)21-12-16-7-5-4-6-8-16/h4-11H,12H2,1-3H3,(H,21,23). The lowest BCUT2D eigenvalue weighted by Gasteiger charge is -2.11. The summed E-state index contributed by atoms with van der Waals surface area (Å²) in [6.45, 7) is 6.52. The summed E-state index contributed by atoms with van der Waals surface area (Å²) in [5.41, 5.74) is 5.77. The van der Waals surface area contributed by atoms with Gasteiger partial charge in [0.05, 0.1) is 11.1 Å². The molecule has 1 heterocycles. The number of hydrogen-bond acceptors (Lipinski definition) is 2. The summed E-state index contributed by atoms with van der Waals surface area (Å²) in [6, 6.07) is 15.9. The summed E-state index contributed by atoms with van der Waals surface area (Å²) in [6.07, 6.45) is 0. The van der Waals surface area contributed by atoms with Crippen LogP contribution < -0.4 is 5.32 Å². The molecule has 0 aliphatic heterocycles. The Bertz CT molecular complexity index is 870. The van der Waals surface area contributed by atoms with Crippen molar-refractivity contribution >= 4 is 16.8 Å². The Labute approximate surface area is 136 Å². The number of pyridine rings is 1. The lowest BCUT2D eigenvalue weighted by molar-refractivity contribution is 0.0952. The van der Waals surface area contributed by atoms with Crippen molar-refractivity contribution in [3.63, 3.8) is 0 Å². The first-order valence-electron chi connectivity index (χ1n) is 7.75. The molecule has 3 heteroatoms. The zero-order valence-corrected chi connectivity index (χ0v) is 13.7. The zero-order valence-electron chi connectivity index (χ0n) is 13.7. The van der Waals surface area contributed by atoms with Gasteiger partial charge in [0.15, 0.2) is 0 Å². The maximum absolute atomic E-state index is 12.7. The number of nitrogens with one attached hydrogen (secondary N) is 1. The first kappa shape index (κ1) is 15.2. The summed E-state index contributed by atoms with van der Waals surface area (Å²) >= 11 is 0. The molecule has 3 aromatic rings. The van der Waals surface area contributed by atoms with E-state index in [0.717, 1.165) is 33.3 Å². The molecule has 1 aromatic heterocycles. The van der Waals surface area contributed by atoms with Crippen molar-refractivity contribution < 1.29 is 4.79 Å². The molecule has 2 aromatic carbocycles. The first-order chi connectivity index (χ1) is 11.0. The number of hydrogen-bond donors (Lipinski definition) is 1. The van der Waals surface area contributed by atoms with Gasteiger partial charge in [0, 0.05) is 17.6 Å². The average molecular weight is 304 g/mol. The fourth-order valence-corrected chi connectivity index (χ4v) is 2.87. The van der Waals surface area contributed by atoms with Crippen LogP contribution in [0.5, 0.6) is 0 Å². The summed E-state index contributed by atoms with van der Waals surface area (Å²) in [5.74, 6) is -0.0608. The minimum atomic E-state index is -0.0608. The minimum absolute atomic E-state index is 0.0608. The van der Waals surface area contributed by atoms with Crippen molar-refractivity contribution in [3.05, 3.63) is 76.5 Å². The summed E-state index contributed by atoms with van der Waals surface area (Å²) in [5, 5.41) is 3.92. The number of fused-ring (bicyclic) bond motifs is 1. The molecule has 0 saturated heterocycles. The van der Waals surface area contributed by atoms with Crippen LogP contribution in [-0.4, -0.2) is 10.9 Å². The molecule has 3 rings (SSSR count). The highest BCUT2D eigenvalue weighted by Gasteiger charge is 2.13. The second-order valence-electron chi connectivity index (χ2n) is 5.96. The van der Waals surface area contributed by atoms with Crippen LogP contribution in [0.1, 0.15) is 32.7 Å². The smallest absolute Gasteiger partial charge is 0.252 e. The molecule has 0 aliphatic rings. The molecule has 0 unspecified atom stereocenters. The molecule has 0 saturated carbocycles. The van der Waals surface area contributed by atoms with E-state index in [1.807, 2.05) is 63.2 Å². The third-order valence-electron chi connectivity index (χ3n) is 3.92. The zero-order chi connectivity index (χ0) is 16.4. The molecule has 1 amide bonds. The Morgan fingerprint density at radius 1 is 1.04 bits per heavy atom. The van der Waals surface area contributed by atoms with E-state index in [4.69, 9.17) is 0 Å². The molecule has 0 atom stereocenters. The summed E-state index contributed by atoms with van der Waals surface area (Å²) in [4.78, 5) is 17.3. The molecule has 3 nitrogen and oxygen atoms in total. The van der Waals surface area contributed by atoms with E-state index >= 15 is 0 Å². The van der Waals surface area contributed by atoms with Gasteiger partial charge >= 0.3 is 0 Å². The molecule has 0 bridgehead atoms. The molecule has 0 fully saturated rings. The van der Waals surface area contributed by atoms with E-state index in [2.05, 4.69) is 16.4 Å². The largest absolute Gasteiger partial charge is 0.348 e. The third kappa shape index (κ3) is 3.24. The van der Waals surface area contributed by atoms with E-state index in [1.165, 1.54) is 0 Å². The van der Waals surface area contributed by atoms with E-state index < -0.39 is 0 Å². The lowest BCUT2D eigenvalue weighted by atomic mass is 10.0. The fraction of sp³-hybridized carbons (Fsp3) is 0.200. The van der Waals surface area contributed by atoms with Crippen LogP contribution in [0.25, 0.3) is 10.9 Å². The van der Waals surface area contributed by atoms with E-state index in [0.29, 0.717) is 12.1 Å². The van der Waals surface area contributed by atoms with Gasteiger partial charge in [-0.2, -0.15) is 0 Å². The number of carbonyl (C=O) groups is 1. The predicted molar refractivity (Wildman–Crippen MR) is 93.6 cm³/mol. The van der Waals surface area contributed by atoms with Crippen LogP contribution >= 0.6 is 0 Å². The van der Waals surface area contributed by atoms with Gasteiger partial charge in [0.2, 0.25) is 0 Å². The predicted octanol–water partition coefficient (Wildman–Crippen LogP) is 4.09. The molecular formula is C20H20N2O. The first-order valence-corrected chi connectivity index (χ1v) is 7.75. The Hall–Kier alpha value is -2.68. The lowest BCUT2D eigenvalue weighted by Crippen LogP contribution is -2.23. The maximum Gasteiger partial charge on any atom is 0.252 e. The van der Waals surface area contributed by atoms with Crippen LogP contribution in [0.2, 0.25) is 0 Å². The van der Waals surface area contributed by atoms with Gasteiger partial charge in [-0.15, -0.1) is 0 Å². The van der Waals surface area contributed by atoms with E-state index in [1.54, 1.807) is 0 Å². The molecule has 1 N–H and O–H groups in total. The van der Waals surface area contributed by atoms with Crippen LogP contribution in [0.4, 0.5) is 0 Å². The normalized spacial score (nSPS) is 10.7. The van der Waals surface area contributed by atoms with E-state index in [9.17, 15) is 4.79 Å². The number of aromatic nitrogens is 1. The minimum Gasteiger partial charge on any atom is -0.348 e. The van der Waals surface area contributed by atoms with Crippen LogP contribution in [0, 0.1) is 20.8 Å². The van der Waals surface area contributed by atoms with Gasteiger partial charge in [0.25, 0.3) is 5.91 Å². The molecule has 0 aliphatic carbocycles. The van der Waals surface area contributed by atoms with Crippen molar-refractivity contribution in [2.75, 3.05) is 0 Å². The second kappa shape index (κ2) is 6.21. The van der Waals surface area contributed by atoms with Crippen LogP contribution in [0.3, 0.4) is 0 Å². The average Bonchev–Trinajstić information content (AvgIpc) is 2.54. The van der Waals surface area contributed by atoms with Crippen molar-refractivity contribution in [3.8, 4) is 0 Å². The molecule has 0 radical (unpaired) electrons. The van der Waals surface area contributed by atoms with Gasteiger partial charge < -0.3 is 5.32 Å². The van der Waals surface area contributed by atoms with Crippen LogP contribution in [-0.2, 0) is 6.54 Å². The van der Waals surface area contributed by atoms with Crippen molar-refractivity contribution in [1.29, 1.82) is 0 Å². The number of aryl methyl sites for hydroxylation is 3. The second-order valence-corrected chi connectivity index (χ2v) is 5.96. The number of benzene rings is 2. The number of rotatable bonds is 3. The van der Waals surface area contributed by atoms with Crippen molar-refractivity contribution in [2.24, 2.45) is 0 Å².